The molecule has 0 spiro atoms. The molecule has 1 N–H and O–H groups in total. The molecule has 0 saturated carbocycles. The van der Waals surface area contributed by atoms with Crippen molar-refractivity contribution in [1.29, 1.82) is 0 Å². The van der Waals surface area contributed by atoms with Crippen molar-refractivity contribution < 1.29 is 5.11 Å². The lowest BCUT2D eigenvalue weighted by molar-refractivity contribution is 0.468. The summed E-state index contributed by atoms with van der Waals surface area (Å²) in [6.45, 7) is 3.53. The zero-order valence-electron chi connectivity index (χ0n) is 7.37. The highest BCUT2D eigenvalue weighted by atomic mass is 35.5. The molecule has 0 fully saturated rings. The Balaban J connectivity index is 2.77. The molecule has 0 aliphatic heterocycles. The molecule has 0 bridgehead atoms. The summed E-state index contributed by atoms with van der Waals surface area (Å²) >= 11 is 9.99. The summed E-state index contributed by atoms with van der Waals surface area (Å²) in [5, 5.41) is 9.80. The summed E-state index contributed by atoms with van der Waals surface area (Å²) in [7, 11) is 0. The molecule has 0 saturated heterocycles. The van der Waals surface area contributed by atoms with E-state index in [4.69, 9.17) is 11.6 Å². The van der Waals surface area contributed by atoms with E-state index in [0.717, 1.165) is 12.1 Å². The third kappa shape index (κ3) is 3.46. The van der Waals surface area contributed by atoms with Crippen molar-refractivity contribution in [3.63, 3.8) is 0 Å². The standard InChI is InChI=1S/C9H12ClNOS/c1-2-11(13)6-7-3-8(10)5-9(12)4-7/h3-5,12-13H,2,6H2,1H3. The average Bonchev–Trinajstić information content (AvgIpc) is 2.02. The van der Waals surface area contributed by atoms with E-state index in [-0.39, 0.29) is 5.75 Å². The topological polar surface area (TPSA) is 23.5 Å². The van der Waals surface area contributed by atoms with Crippen LogP contribution in [0.3, 0.4) is 0 Å². The minimum atomic E-state index is 0.195. The SMILES string of the molecule is CCN(S)Cc1cc(O)cc(Cl)c1. The van der Waals surface area contributed by atoms with Gasteiger partial charge in [-0.05, 0) is 23.8 Å². The lowest BCUT2D eigenvalue weighted by Crippen LogP contribution is -2.10. The van der Waals surface area contributed by atoms with Crippen LogP contribution < -0.4 is 0 Å². The second-order valence-corrected chi connectivity index (χ2v) is 3.80. The molecule has 0 aliphatic carbocycles. The van der Waals surface area contributed by atoms with Crippen LogP contribution in [-0.2, 0) is 6.54 Å². The predicted octanol–water partition coefficient (Wildman–Crippen LogP) is 2.71. The molecule has 1 aromatic rings. The zero-order valence-corrected chi connectivity index (χ0v) is 9.02. The Morgan fingerprint density at radius 3 is 2.69 bits per heavy atom. The molecule has 1 aromatic carbocycles. The maximum atomic E-state index is 9.25. The number of thiol groups is 1. The van der Waals surface area contributed by atoms with Crippen molar-refractivity contribution in [2.75, 3.05) is 6.54 Å². The van der Waals surface area contributed by atoms with Gasteiger partial charge in [0.25, 0.3) is 0 Å². The van der Waals surface area contributed by atoms with Crippen molar-refractivity contribution >= 4 is 24.4 Å². The number of aromatic hydroxyl groups is 1. The Labute approximate surface area is 88.7 Å². The largest absolute Gasteiger partial charge is 0.508 e. The van der Waals surface area contributed by atoms with Crippen LogP contribution in [0, 0.1) is 0 Å². The van der Waals surface area contributed by atoms with Gasteiger partial charge in [-0.15, -0.1) is 0 Å². The Morgan fingerprint density at radius 2 is 2.15 bits per heavy atom. The number of halogens is 1. The zero-order chi connectivity index (χ0) is 9.84. The number of nitrogens with zero attached hydrogens (tertiary/aromatic N) is 1. The van der Waals surface area contributed by atoms with Gasteiger partial charge in [0.2, 0.25) is 0 Å². The summed E-state index contributed by atoms with van der Waals surface area (Å²) in [6, 6.07) is 5.02. The maximum absolute atomic E-state index is 9.25. The molecule has 4 heteroatoms. The van der Waals surface area contributed by atoms with Gasteiger partial charge in [0.05, 0.1) is 0 Å². The van der Waals surface area contributed by atoms with Crippen LogP contribution in [0.25, 0.3) is 0 Å². The van der Waals surface area contributed by atoms with E-state index < -0.39 is 0 Å². The smallest absolute Gasteiger partial charge is 0.117 e. The third-order valence-corrected chi connectivity index (χ3v) is 2.31. The number of benzene rings is 1. The maximum Gasteiger partial charge on any atom is 0.117 e. The molecular formula is C9H12ClNOS. The Hall–Kier alpha value is -0.380. The Kier molecular flexibility index (Phi) is 3.90. The van der Waals surface area contributed by atoms with Gasteiger partial charge in [-0.1, -0.05) is 31.3 Å². The minimum absolute atomic E-state index is 0.195. The summed E-state index contributed by atoms with van der Waals surface area (Å²) in [5.41, 5.74) is 0.960. The van der Waals surface area contributed by atoms with Crippen LogP contribution >= 0.6 is 24.4 Å². The second-order valence-electron chi connectivity index (χ2n) is 2.80. The monoisotopic (exact) mass is 217 g/mol. The highest BCUT2D eigenvalue weighted by Crippen LogP contribution is 2.20. The van der Waals surface area contributed by atoms with E-state index >= 15 is 0 Å². The van der Waals surface area contributed by atoms with E-state index in [0.29, 0.717) is 11.6 Å². The van der Waals surface area contributed by atoms with Gasteiger partial charge in [-0.2, -0.15) is 0 Å². The molecule has 0 atom stereocenters. The van der Waals surface area contributed by atoms with Gasteiger partial charge in [-0.3, -0.25) is 0 Å². The van der Waals surface area contributed by atoms with Gasteiger partial charge in [0, 0.05) is 18.1 Å². The molecule has 0 radical (unpaired) electrons. The highest BCUT2D eigenvalue weighted by molar-refractivity contribution is 7.77. The fourth-order valence-electron chi connectivity index (χ4n) is 1.05. The van der Waals surface area contributed by atoms with Crippen molar-refractivity contribution in [2.24, 2.45) is 0 Å². The summed E-state index contributed by atoms with van der Waals surface area (Å²) in [5.74, 6) is 0.195. The molecule has 1 rings (SSSR count). The molecule has 13 heavy (non-hydrogen) atoms. The Bertz CT molecular complexity index is 273. The molecule has 0 unspecified atom stereocenters. The van der Waals surface area contributed by atoms with Gasteiger partial charge in [0.1, 0.15) is 5.75 Å². The lowest BCUT2D eigenvalue weighted by Gasteiger charge is -2.12. The average molecular weight is 218 g/mol. The second kappa shape index (κ2) is 4.74. The molecule has 0 heterocycles. The minimum Gasteiger partial charge on any atom is -0.508 e. The number of hydrogen-bond donors (Lipinski definition) is 2. The molecule has 0 amide bonds. The number of rotatable bonds is 3. The summed E-state index contributed by atoms with van der Waals surface area (Å²) in [6.07, 6.45) is 0. The van der Waals surface area contributed by atoms with E-state index in [9.17, 15) is 5.11 Å². The molecule has 0 aromatic heterocycles. The first-order chi connectivity index (χ1) is 6.11. The predicted molar refractivity (Wildman–Crippen MR) is 58.2 cm³/mol. The molecule has 72 valence electrons. The molecule has 0 aliphatic rings. The van der Waals surface area contributed by atoms with Crippen LogP contribution in [0.4, 0.5) is 0 Å². The van der Waals surface area contributed by atoms with Crippen molar-refractivity contribution in [3.05, 3.63) is 28.8 Å². The fraction of sp³-hybridized carbons (Fsp3) is 0.333. The van der Waals surface area contributed by atoms with Crippen molar-refractivity contribution in [3.8, 4) is 5.75 Å². The van der Waals surface area contributed by atoms with Crippen molar-refractivity contribution in [2.45, 2.75) is 13.5 Å². The first-order valence-electron chi connectivity index (χ1n) is 4.04. The normalized spacial score (nSPS) is 10.8. The van der Waals surface area contributed by atoms with Crippen LogP contribution in [0.2, 0.25) is 5.02 Å². The van der Waals surface area contributed by atoms with Crippen LogP contribution in [0.5, 0.6) is 5.75 Å². The van der Waals surface area contributed by atoms with Crippen LogP contribution in [0.15, 0.2) is 18.2 Å². The lowest BCUT2D eigenvalue weighted by atomic mass is 10.2. The fourth-order valence-corrected chi connectivity index (χ4v) is 1.46. The van der Waals surface area contributed by atoms with Gasteiger partial charge < -0.3 is 5.11 Å². The van der Waals surface area contributed by atoms with Gasteiger partial charge in [-0.25, -0.2) is 4.31 Å². The summed E-state index contributed by atoms with van der Waals surface area (Å²) in [4.78, 5) is 0. The number of hydrogen-bond acceptors (Lipinski definition) is 3. The van der Waals surface area contributed by atoms with Gasteiger partial charge >= 0.3 is 0 Å². The van der Waals surface area contributed by atoms with Crippen LogP contribution in [-0.4, -0.2) is 16.0 Å². The quantitative estimate of drug-likeness (QED) is 0.761. The molecular weight excluding hydrogens is 206 g/mol. The van der Waals surface area contributed by atoms with Gasteiger partial charge in [0.15, 0.2) is 0 Å². The first-order valence-corrected chi connectivity index (χ1v) is 4.82. The third-order valence-electron chi connectivity index (χ3n) is 1.67. The number of phenolic OH excluding ortho intramolecular Hbond substituents is 1. The number of phenols is 1. The van der Waals surface area contributed by atoms with Crippen molar-refractivity contribution in [1.82, 2.24) is 4.31 Å². The van der Waals surface area contributed by atoms with E-state index in [1.165, 1.54) is 6.07 Å². The van der Waals surface area contributed by atoms with E-state index in [2.05, 4.69) is 12.8 Å². The van der Waals surface area contributed by atoms with E-state index in [1.54, 1.807) is 6.07 Å². The molecule has 2 nitrogen and oxygen atoms in total. The van der Waals surface area contributed by atoms with E-state index in [1.807, 2.05) is 17.3 Å². The Morgan fingerprint density at radius 1 is 1.46 bits per heavy atom. The first kappa shape index (κ1) is 10.7. The van der Waals surface area contributed by atoms with Crippen LogP contribution in [0.1, 0.15) is 12.5 Å². The summed E-state index contributed by atoms with van der Waals surface area (Å²) < 4.78 is 1.84. The highest BCUT2D eigenvalue weighted by Gasteiger charge is 2.01.